The van der Waals surface area contributed by atoms with Crippen LogP contribution in [0.2, 0.25) is 0 Å². The predicted octanol–water partition coefficient (Wildman–Crippen LogP) is 3.90. The van der Waals surface area contributed by atoms with Crippen molar-refractivity contribution in [3.8, 4) is 0 Å². The Bertz CT molecular complexity index is 45.5. The zero-order chi connectivity index (χ0) is 8.41. The van der Waals surface area contributed by atoms with Crippen LogP contribution in [0.25, 0.3) is 0 Å². The van der Waals surface area contributed by atoms with Crippen molar-refractivity contribution in [3.63, 3.8) is 0 Å². The van der Waals surface area contributed by atoms with Gasteiger partial charge in [0.1, 0.15) is 0 Å². The van der Waals surface area contributed by atoms with Crippen LogP contribution in [0.15, 0.2) is 0 Å². The third-order valence-electron chi connectivity index (χ3n) is 1.34. The molecule has 0 aromatic carbocycles. The third-order valence-corrected chi connectivity index (χ3v) is 4.02. The van der Waals surface area contributed by atoms with Gasteiger partial charge in [0.25, 0.3) is 0 Å². The van der Waals surface area contributed by atoms with Crippen molar-refractivity contribution in [2.45, 2.75) is 20.8 Å². The van der Waals surface area contributed by atoms with Crippen LogP contribution in [0.4, 0.5) is 0 Å². The molecule has 0 amide bonds. The van der Waals surface area contributed by atoms with Crippen LogP contribution < -0.4 is 0 Å². The van der Waals surface area contributed by atoms with E-state index in [-0.39, 0.29) is 0 Å². The van der Waals surface area contributed by atoms with Crippen molar-refractivity contribution in [1.29, 1.82) is 0 Å². The molecule has 0 N–H and O–H groups in total. The van der Waals surface area contributed by atoms with Crippen LogP contribution in [0, 0.1) is 0 Å². The Kier molecular flexibility index (Phi) is 18.5. The molecule has 0 radical (unpaired) electrons. The molecule has 0 aromatic rings. The molecule has 0 atom stereocenters. The van der Waals surface area contributed by atoms with Gasteiger partial charge < -0.3 is 0 Å². The minimum absolute atomic E-state index is 0.382. The molecule has 0 bridgehead atoms. The first-order valence-corrected chi connectivity index (χ1v) is 8.08. The predicted molar refractivity (Wildman–Crippen MR) is 50.2 cm³/mol. The zero-order valence-electron chi connectivity index (χ0n) is 6.66. The van der Waals surface area contributed by atoms with Crippen LogP contribution >= 0.6 is 28.2 Å². The molecule has 0 aliphatic carbocycles. The first kappa shape index (κ1) is 14.1. The molecule has 0 aromatic heterocycles. The van der Waals surface area contributed by atoms with Crippen LogP contribution in [0.3, 0.4) is 0 Å². The summed E-state index contributed by atoms with van der Waals surface area (Å²) in [6.07, 6.45) is 4.26. The van der Waals surface area contributed by atoms with Gasteiger partial charge in [-0.25, -0.2) is 0 Å². The van der Waals surface area contributed by atoms with Gasteiger partial charge in [-0.3, -0.25) is 0 Å². The molecule has 0 saturated heterocycles. The van der Waals surface area contributed by atoms with Crippen molar-refractivity contribution < 1.29 is 12.9 Å². The van der Waals surface area contributed by atoms with Crippen molar-refractivity contribution in [2.75, 3.05) is 18.5 Å². The first-order chi connectivity index (χ1) is 4.76. The topological polar surface area (TPSA) is 0 Å². The van der Waals surface area contributed by atoms with E-state index in [0.717, 1.165) is 0 Å². The fourth-order valence-corrected chi connectivity index (χ4v) is 2.01. The normalized spacial score (nSPS) is 9.40. The average Bonchev–Trinajstić information content (AvgIpc) is 1.93. The van der Waals surface area contributed by atoms with Gasteiger partial charge in [-0.05, 0) is 18.5 Å². The molecule has 0 aliphatic heterocycles. The van der Waals surface area contributed by atoms with Gasteiger partial charge in [0.05, 0.1) is 0 Å². The SMILES string of the molecule is CCP(CC)CC.[Cl][Co][Cl]. The molecule has 0 unspecified atom stereocenters. The van der Waals surface area contributed by atoms with Gasteiger partial charge in [-0.2, -0.15) is 0 Å². The molecule has 4 heteroatoms. The Hall–Kier alpha value is 1.52. The Morgan fingerprint density at radius 2 is 1.20 bits per heavy atom. The summed E-state index contributed by atoms with van der Waals surface area (Å²) in [5.74, 6) is 0. The van der Waals surface area contributed by atoms with E-state index in [1.165, 1.54) is 18.5 Å². The second-order valence-corrected chi connectivity index (χ2v) is 6.63. The van der Waals surface area contributed by atoms with E-state index >= 15 is 0 Å². The van der Waals surface area contributed by atoms with Crippen LogP contribution in [-0.4, -0.2) is 18.5 Å². The van der Waals surface area contributed by atoms with Gasteiger partial charge in [0.2, 0.25) is 0 Å². The molecular formula is C6H15Cl2CoP. The number of halogens is 2. The Labute approximate surface area is 80.3 Å². The minimum atomic E-state index is 0.382. The molecular weight excluding hydrogens is 233 g/mol. The fraction of sp³-hybridized carbons (Fsp3) is 1.00. The second-order valence-electron chi connectivity index (χ2n) is 1.67. The quantitative estimate of drug-likeness (QED) is 0.664. The summed E-state index contributed by atoms with van der Waals surface area (Å²) in [6.45, 7) is 6.87. The molecule has 10 heavy (non-hydrogen) atoms. The Morgan fingerprint density at radius 3 is 1.20 bits per heavy atom. The number of hydrogen-bond acceptors (Lipinski definition) is 0. The molecule has 0 fully saturated rings. The van der Waals surface area contributed by atoms with Gasteiger partial charge in [0.15, 0.2) is 0 Å². The van der Waals surface area contributed by atoms with Gasteiger partial charge in [-0.1, -0.05) is 20.8 Å². The van der Waals surface area contributed by atoms with Crippen molar-refractivity contribution in [2.24, 2.45) is 0 Å². The van der Waals surface area contributed by atoms with E-state index in [9.17, 15) is 0 Å². The van der Waals surface area contributed by atoms with E-state index in [1.54, 1.807) is 0 Å². The third kappa shape index (κ3) is 12.2. The van der Waals surface area contributed by atoms with E-state index in [1.807, 2.05) is 0 Å². The van der Waals surface area contributed by atoms with E-state index < -0.39 is 0 Å². The molecule has 0 aliphatic rings. The van der Waals surface area contributed by atoms with Gasteiger partial charge >= 0.3 is 33.2 Å². The number of rotatable bonds is 3. The maximum absolute atomic E-state index is 4.73. The Balaban J connectivity index is 0. The Morgan fingerprint density at radius 1 is 1.00 bits per heavy atom. The summed E-state index contributed by atoms with van der Waals surface area (Å²) >= 11 is 0.382. The zero-order valence-corrected chi connectivity index (χ0v) is 10.1. The summed E-state index contributed by atoms with van der Waals surface area (Å²) in [5.41, 5.74) is 0. The molecule has 0 saturated carbocycles. The summed E-state index contributed by atoms with van der Waals surface area (Å²) in [4.78, 5) is 0. The molecule has 67 valence electrons. The van der Waals surface area contributed by atoms with E-state index in [4.69, 9.17) is 20.3 Å². The fourth-order valence-electron chi connectivity index (χ4n) is 0.671. The van der Waals surface area contributed by atoms with Crippen LogP contribution in [-0.2, 0) is 12.9 Å². The second kappa shape index (κ2) is 13.1. The number of hydrogen-bond donors (Lipinski definition) is 0. The molecule has 0 heterocycles. The van der Waals surface area contributed by atoms with Crippen LogP contribution in [0.1, 0.15) is 20.8 Å². The standard InChI is InChI=1S/C6H15P.2ClH.Co/c1-4-7(5-2)6-3;;;/h4-6H2,1-3H3;2*1H;/q;;;+2/p-2. The maximum atomic E-state index is 4.73. The van der Waals surface area contributed by atoms with Crippen molar-refractivity contribution in [1.82, 2.24) is 0 Å². The van der Waals surface area contributed by atoms with Crippen molar-refractivity contribution >= 4 is 28.2 Å². The van der Waals surface area contributed by atoms with E-state index in [2.05, 4.69) is 20.8 Å². The van der Waals surface area contributed by atoms with Crippen LogP contribution in [0.5, 0.6) is 0 Å². The van der Waals surface area contributed by atoms with E-state index in [0.29, 0.717) is 20.8 Å². The molecule has 0 nitrogen and oxygen atoms in total. The monoisotopic (exact) mass is 247 g/mol. The van der Waals surface area contributed by atoms with Crippen molar-refractivity contribution in [3.05, 3.63) is 0 Å². The summed E-state index contributed by atoms with van der Waals surface area (Å²) in [6, 6.07) is 0. The molecule has 0 spiro atoms. The van der Waals surface area contributed by atoms with Gasteiger partial charge in [0, 0.05) is 0 Å². The molecule has 0 rings (SSSR count). The first-order valence-electron chi connectivity index (χ1n) is 3.32. The summed E-state index contributed by atoms with van der Waals surface area (Å²) < 4.78 is 0. The average molecular weight is 248 g/mol. The van der Waals surface area contributed by atoms with Gasteiger partial charge in [-0.15, -0.1) is 7.92 Å². The summed E-state index contributed by atoms with van der Waals surface area (Å²) in [5, 5.41) is 0. The summed E-state index contributed by atoms with van der Waals surface area (Å²) in [7, 11) is 9.91.